The Morgan fingerprint density at radius 1 is 1.32 bits per heavy atom. The number of allylic oxidation sites excluding steroid dienone is 2. The van der Waals surface area contributed by atoms with Crippen molar-refractivity contribution >= 4 is 27.5 Å². The van der Waals surface area contributed by atoms with Crippen LogP contribution in [0.15, 0.2) is 30.0 Å². The second kappa shape index (κ2) is 5.83. The van der Waals surface area contributed by atoms with Crippen LogP contribution >= 0.6 is 0 Å². The summed E-state index contributed by atoms with van der Waals surface area (Å²) in [7, 11) is -4.92. The lowest BCUT2D eigenvalue weighted by molar-refractivity contribution is -0.353. The number of hydrogen-bond acceptors (Lipinski definition) is 5. The van der Waals surface area contributed by atoms with Crippen LogP contribution < -0.4 is 10.3 Å². The first-order valence-electron chi connectivity index (χ1n) is 5.23. The van der Waals surface area contributed by atoms with Crippen LogP contribution in [0.4, 0.5) is 11.4 Å². The average molecular weight is 286 g/mol. The highest BCUT2D eigenvalue weighted by Gasteiger charge is 2.15. The van der Waals surface area contributed by atoms with E-state index in [1.807, 2.05) is 32.1 Å². The molecule has 0 aliphatic carbocycles. The summed E-state index contributed by atoms with van der Waals surface area (Å²) >= 11 is 0. The van der Waals surface area contributed by atoms with Crippen LogP contribution in [0.2, 0.25) is 0 Å². The van der Waals surface area contributed by atoms with Crippen molar-refractivity contribution in [1.82, 2.24) is 0 Å². The molecule has 0 spiro atoms. The zero-order valence-corrected chi connectivity index (χ0v) is 11.2. The van der Waals surface area contributed by atoms with Gasteiger partial charge in [-0.3, -0.25) is 4.55 Å². The molecule has 4 N–H and O–H groups in total. The summed E-state index contributed by atoms with van der Waals surface area (Å²) in [4.78, 5) is 3.15. The molecule has 0 amide bonds. The molecule has 1 aromatic rings. The van der Waals surface area contributed by atoms with Crippen molar-refractivity contribution in [3.05, 3.63) is 30.0 Å². The zero-order valence-electron chi connectivity index (χ0n) is 10.3. The van der Waals surface area contributed by atoms with Crippen molar-refractivity contribution in [2.24, 2.45) is 0 Å². The van der Waals surface area contributed by atoms with Crippen LogP contribution in [0.25, 0.3) is 0 Å². The Morgan fingerprint density at radius 2 is 1.89 bits per heavy atom. The summed E-state index contributed by atoms with van der Waals surface area (Å²) in [6.07, 6.45) is 2.00. The molecule has 2 rings (SSSR count). The summed E-state index contributed by atoms with van der Waals surface area (Å²) < 4.78 is 32.8. The molecule has 0 radical (unpaired) electrons. The Kier molecular flexibility index (Phi) is 4.65. The molecule has 1 heterocycles. The van der Waals surface area contributed by atoms with Crippen molar-refractivity contribution in [1.29, 1.82) is 0 Å². The lowest BCUT2D eigenvalue weighted by Crippen LogP contribution is -2.64. The van der Waals surface area contributed by atoms with Gasteiger partial charge in [-0.25, -0.2) is 13.4 Å². The third-order valence-electron chi connectivity index (χ3n) is 2.13. The molecule has 0 saturated heterocycles. The van der Waals surface area contributed by atoms with Gasteiger partial charge < -0.3 is 15.0 Å². The van der Waals surface area contributed by atoms with Gasteiger partial charge in [-0.05, 0) is 19.1 Å². The summed E-state index contributed by atoms with van der Waals surface area (Å²) in [5, 5.41) is 12.9. The van der Waals surface area contributed by atoms with E-state index in [0.29, 0.717) is 0 Å². The van der Waals surface area contributed by atoms with E-state index in [1.165, 1.54) is 0 Å². The van der Waals surface area contributed by atoms with Crippen LogP contribution in [-0.4, -0.2) is 28.3 Å². The number of hydrogen-bond donors (Lipinski definition) is 4. The molecule has 7 nitrogen and oxygen atoms in total. The van der Waals surface area contributed by atoms with Gasteiger partial charge >= 0.3 is 0 Å². The topological polar surface area (TPSA) is 124 Å². The number of phenols is 1. The van der Waals surface area contributed by atoms with Gasteiger partial charge in [0.05, 0.1) is 0 Å². The molecule has 0 bridgehead atoms. The number of phenolic OH excluding ortho intramolecular Hbond substituents is 1. The maximum atomic E-state index is 9.65. The molecule has 0 fully saturated rings. The van der Waals surface area contributed by atoms with E-state index in [1.54, 1.807) is 6.07 Å². The van der Waals surface area contributed by atoms with Gasteiger partial charge in [0, 0.05) is 18.7 Å². The van der Waals surface area contributed by atoms with E-state index in [-0.39, 0.29) is 5.75 Å². The second-order valence-corrected chi connectivity index (χ2v) is 4.74. The van der Waals surface area contributed by atoms with Crippen molar-refractivity contribution in [2.45, 2.75) is 13.8 Å². The standard InChI is InChI=1S/C11H12N2O.H2O4S/c1-7-6-8(2)13-11-9(12-7)4-3-5-10(11)14;1-5(2,3)4/h3-6,12,14H,1-2H3;(H2,1,2,3,4). The molecule has 104 valence electrons. The largest absolute Gasteiger partial charge is 0.726 e. The zero-order chi connectivity index (χ0) is 14.6. The van der Waals surface area contributed by atoms with Crippen molar-refractivity contribution in [3.63, 3.8) is 0 Å². The second-order valence-electron chi connectivity index (χ2n) is 3.89. The minimum Gasteiger partial charge on any atom is -0.726 e. The molecule has 0 saturated carbocycles. The number of benzene rings is 1. The first kappa shape index (κ1) is 15.2. The van der Waals surface area contributed by atoms with Crippen LogP contribution in [-0.2, 0) is 10.4 Å². The minimum atomic E-state index is -4.92. The Morgan fingerprint density at radius 3 is 2.47 bits per heavy atom. The number of aromatic hydroxyl groups is 1. The first-order valence-corrected chi connectivity index (χ1v) is 6.59. The lowest BCUT2D eigenvalue weighted by atomic mass is 10.2. The van der Waals surface area contributed by atoms with Crippen molar-refractivity contribution in [3.8, 4) is 5.75 Å². The van der Waals surface area contributed by atoms with Crippen LogP contribution in [0, 0.1) is 0 Å². The minimum absolute atomic E-state index is 0.262. The van der Waals surface area contributed by atoms with Gasteiger partial charge in [-0.2, -0.15) is 0 Å². The molecule has 1 aliphatic rings. The van der Waals surface area contributed by atoms with Crippen LogP contribution in [0.5, 0.6) is 5.75 Å². The van der Waals surface area contributed by atoms with E-state index >= 15 is 0 Å². The quantitative estimate of drug-likeness (QED) is 0.300. The first-order chi connectivity index (χ1) is 8.66. The molecular weight excluding hydrogens is 272 g/mol. The van der Waals surface area contributed by atoms with E-state index < -0.39 is 10.4 Å². The monoisotopic (exact) mass is 286 g/mol. The van der Waals surface area contributed by atoms with E-state index in [2.05, 4.69) is 10.3 Å². The highest BCUT2D eigenvalue weighted by atomic mass is 32.3. The average Bonchev–Trinajstić information content (AvgIpc) is 2.34. The third kappa shape index (κ3) is 5.51. The van der Waals surface area contributed by atoms with Gasteiger partial charge in [-0.1, -0.05) is 6.07 Å². The molecule has 19 heavy (non-hydrogen) atoms. The van der Waals surface area contributed by atoms with E-state index in [0.717, 1.165) is 22.8 Å². The molecule has 1 aliphatic heterocycles. The molecule has 0 unspecified atom stereocenters. The molecule has 0 atom stereocenters. The molecule has 1 aromatic carbocycles. The summed E-state index contributed by atoms with van der Waals surface area (Å²) in [5.41, 5.74) is 3.70. The van der Waals surface area contributed by atoms with Gasteiger partial charge in [0.25, 0.3) is 5.69 Å². The third-order valence-corrected chi connectivity index (χ3v) is 2.13. The SMILES string of the molecule is CC1=CC(C)=[NH+]c2c(O)cccc2N1.O=S(=O)([O-])O. The summed E-state index contributed by atoms with van der Waals surface area (Å²) in [6.45, 7) is 3.96. The summed E-state index contributed by atoms with van der Waals surface area (Å²) in [5.74, 6) is 0.262. The number of fused-ring (bicyclic) bond motifs is 1. The van der Waals surface area contributed by atoms with Crippen LogP contribution in [0.3, 0.4) is 0 Å². The maximum Gasteiger partial charge on any atom is 0.269 e. The van der Waals surface area contributed by atoms with Gasteiger partial charge in [0.2, 0.25) is 10.4 Å². The predicted octanol–water partition coefficient (Wildman–Crippen LogP) is -0.101. The van der Waals surface area contributed by atoms with Crippen molar-refractivity contribution in [2.75, 3.05) is 5.32 Å². The number of rotatable bonds is 0. The Hall–Kier alpha value is -1.90. The fourth-order valence-electron chi connectivity index (χ4n) is 1.58. The Labute approximate surface area is 110 Å². The Bertz CT molecular complexity index is 626. The molecule has 0 aromatic heterocycles. The van der Waals surface area contributed by atoms with E-state index in [9.17, 15) is 5.11 Å². The number of nitrogens with one attached hydrogen (secondary N) is 2. The van der Waals surface area contributed by atoms with Crippen LogP contribution in [0.1, 0.15) is 13.8 Å². The van der Waals surface area contributed by atoms with Crippen molar-refractivity contribution < 1.29 is 27.6 Å². The number of anilines is 1. The predicted molar refractivity (Wildman–Crippen MR) is 69.1 cm³/mol. The highest BCUT2D eigenvalue weighted by Crippen LogP contribution is 2.28. The highest BCUT2D eigenvalue weighted by molar-refractivity contribution is 7.79. The van der Waals surface area contributed by atoms with E-state index in [4.69, 9.17) is 17.5 Å². The molecular formula is C11H14N2O5S. The Balaban J connectivity index is 0.000000312. The molecule has 8 heteroatoms. The lowest BCUT2D eigenvalue weighted by Gasteiger charge is -2.04. The fourth-order valence-corrected chi connectivity index (χ4v) is 1.58. The summed E-state index contributed by atoms with van der Waals surface area (Å²) in [6, 6.07) is 5.41. The van der Waals surface area contributed by atoms with Gasteiger partial charge in [0.1, 0.15) is 5.69 Å². The maximum absolute atomic E-state index is 9.65. The van der Waals surface area contributed by atoms with Gasteiger partial charge in [-0.15, -0.1) is 0 Å². The fraction of sp³-hybridized carbons (Fsp3) is 0.182. The normalized spacial score (nSPS) is 13.9. The van der Waals surface area contributed by atoms with Gasteiger partial charge in [0.15, 0.2) is 11.5 Å². The number of para-hydroxylation sites is 1. The smallest absolute Gasteiger partial charge is 0.269 e.